The topological polar surface area (TPSA) is 66.8 Å². The predicted molar refractivity (Wildman–Crippen MR) is 142 cm³/mol. The van der Waals surface area contributed by atoms with E-state index in [1.165, 1.54) is 0 Å². The van der Waals surface area contributed by atoms with Crippen LogP contribution in [0.1, 0.15) is 56.0 Å². The molecule has 3 aromatic rings. The summed E-state index contributed by atoms with van der Waals surface area (Å²) in [6, 6.07) is 24.1. The van der Waals surface area contributed by atoms with Crippen LogP contribution in [0.2, 0.25) is 0 Å². The number of rotatable bonds is 7. The van der Waals surface area contributed by atoms with Crippen LogP contribution in [0.25, 0.3) is 5.76 Å². The van der Waals surface area contributed by atoms with Crippen LogP contribution in [0, 0.1) is 0 Å². The molecule has 1 saturated heterocycles. The molecule has 0 spiro atoms. The number of carbonyl (C=O) groups excluding carboxylic acids is 2. The van der Waals surface area contributed by atoms with Gasteiger partial charge >= 0.3 is 0 Å². The molecule has 1 atom stereocenters. The van der Waals surface area contributed by atoms with Crippen molar-refractivity contribution in [2.75, 3.05) is 13.2 Å². The zero-order chi connectivity index (χ0) is 25.9. The maximum atomic E-state index is 13.3. The summed E-state index contributed by atoms with van der Waals surface area (Å²) in [5, 5.41) is 11.3. The lowest BCUT2D eigenvalue weighted by Crippen LogP contribution is -2.31. The minimum atomic E-state index is -0.672. The summed E-state index contributed by atoms with van der Waals surface area (Å²) in [5.41, 5.74) is 3.57. The van der Waals surface area contributed by atoms with Gasteiger partial charge in [0.05, 0.1) is 18.2 Å². The van der Waals surface area contributed by atoms with Gasteiger partial charge in [0.2, 0.25) is 0 Å². The number of amides is 1. The van der Waals surface area contributed by atoms with Gasteiger partial charge in [0.15, 0.2) is 0 Å². The van der Waals surface area contributed by atoms with E-state index in [9.17, 15) is 14.7 Å². The number of carbonyl (C=O) groups is 2. The Morgan fingerprint density at radius 3 is 2.14 bits per heavy atom. The van der Waals surface area contributed by atoms with Crippen molar-refractivity contribution in [1.82, 2.24) is 4.90 Å². The molecule has 186 valence electrons. The zero-order valence-corrected chi connectivity index (χ0v) is 21.3. The van der Waals surface area contributed by atoms with Crippen LogP contribution in [-0.4, -0.2) is 34.8 Å². The lowest BCUT2D eigenvalue weighted by molar-refractivity contribution is -0.139. The lowest BCUT2D eigenvalue weighted by atomic mass is 9.85. The molecule has 0 bridgehead atoms. The molecule has 5 nitrogen and oxygen atoms in total. The number of nitrogens with zero attached hydrogens (tertiary/aromatic N) is 1. The number of aliphatic hydroxyl groups excluding tert-OH is 1. The average molecular weight is 484 g/mol. The minimum absolute atomic E-state index is 0.0318. The van der Waals surface area contributed by atoms with Gasteiger partial charge in [0, 0.05) is 12.1 Å². The Morgan fingerprint density at radius 2 is 1.56 bits per heavy atom. The minimum Gasteiger partial charge on any atom is -0.507 e. The van der Waals surface area contributed by atoms with Gasteiger partial charge < -0.3 is 14.7 Å². The predicted octanol–water partition coefficient (Wildman–Crippen LogP) is 6.05. The van der Waals surface area contributed by atoms with Gasteiger partial charge in [-0.25, -0.2) is 0 Å². The van der Waals surface area contributed by atoms with Crippen LogP contribution < -0.4 is 4.74 Å². The molecule has 1 aliphatic heterocycles. The Hall–Kier alpha value is -3.86. The van der Waals surface area contributed by atoms with E-state index in [-0.39, 0.29) is 16.7 Å². The normalized spacial score (nSPS) is 17.4. The fraction of sp³-hybridized carbons (Fsp3) is 0.290. The quantitative estimate of drug-likeness (QED) is 0.252. The largest absolute Gasteiger partial charge is 0.507 e. The highest BCUT2D eigenvalue weighted by atomic mass is 16.5. The van der Waals surface area contributed by atoms with Crippen LogP contribution in [-0.2, 0) is 21.4 Å². The standard InChI is InChI=1S/C31H33NO4/c1-5-36-25-17-13-23(14-18-25)28(33)26-27(22-11-15-24(16-12-22)31(2,3)4)32(30(35)29(26)34)20-19-21-9-7-6-8-10-21/h6-18,27,33H,5,19-20H2,1-4H3/t27-/m1/s1. The fourth-order valence-corrected chi connectivity index (χ4v) is 4.55. The Morgan fingerprint density at radius 1 is 0.917 bits per heavy atom. The first-order valence-corrected chi connectivity index (χ1v) is 12.4. The molecule has 0 radical (unpaired) electrons. The third kappa shape index (κ3) is 5.20. The van der Waals surface area contributed by atoms with Crippen molar-refractivity contribution in [2.24, 2.45) is 0 Å². The fourth-order valence-electron chi connectivity index (χ4n) is 4.55. The van der Waals surface area contributed by atoms with E-state index in [4.69, 9.17) is 4.74 Å². The first-order chi connectivity index (χ1) is 17.2. The number of benzene rings is 3. The SMILES string of the molecule is CCOc1ccc(C(O)=C2C(=O)C(=O)N(CCc3ccccc3)[C@@H]2c2ccc(C(C)(C)C)cc2)cc1. The number of hydrogen-bond acceptors (Lipinski definition) is 4. The van der Waals surface area contributed by atoms with Gasteiger partial charge in [0.1, 0.15) is 11.5 Å². The Labute approximate surface area is 213 Å². The molecule has 1 aliphatic rings. The molecule has 36 heavy (non-hydrogen) atoms. The highest BCUT2D eigenvalue weighted by Gasteiger charge is 2.45. The Bertz CT molecular complexity index is 1250. The summed E-state index contributed by atoms with van der Waals surface area (Å²) < 4.78 is 5.50. The molecule has 5 heteroatoms. The summed E-state index contributed by atoms with van der Waals surface area (Å²) in [6.07, 6.45) is 0.605. The second kappa shape index (κ2) is 10.4. The molecule has 3 aromatic carbocycles. The molecule has 1 heterocycles. The van der Waals surface area contributed by atoms with E-state index in [0.717, 1.165) is 16.7 Å². The zero-order valence-electron chi connectivity index (χ0n) is 21.3. The maximum Gasteiger partial charge on any atom is 0.295 e. The average Bonchev–Trinajstić information content (AvgIpc) is 3.13. The smallest absolute Gasteiger partial charge is 0.295 e. The van der Waals surface area contributed by atoms with Gasteiger partial charge in [-0.3, -0.25) is 9.59 Å². The molecule has 0 aliphatic carbocycles. The lowest BCUT2D eigenvalue weighted by Gasteiger charge is -2.26. The number of ketones is 1. The number of hydrogen-bond donors (Lipinski definition) is 1. The summed E-state index contributed by atoms with van der Waals surface area (Å²) in [4.78, 5) is 28.1. The highest BCUT2D eigenvalue weighted by Crippen LogP contribution is 2.40. The van der Waals surface area contributed by atoms with Gasteiger partial charge in [0.25, 0.3) is 11.7 Å². The van der Waals surface area contributed by atoms with Crippen molar-refractivity contribution in [3.05, 3.63) is 107 Å². The molecule has 1 N–H and O–H groups in total. The summed E-state index contributed by atoms with van der Waals surface area (Å²) in [5.74, 6) is -0.766. The van der Waals surface area contributed by atoms with Gasteiger partial charge in [-0.1, -0.05) is 75.4 Å². The van der Waals surface area contributed by atoms with Crippen molar-refractivity contribution in [3.8, 4) is 5.75 Å². The number of likely N-dealkylation sites (tertiary alicyclic amines) is 1. The molecule has 1 fully saturated rings. The number of aliphatic hydroxyl groups is 1. The summed E-state index contributed by atoms with van der Waals surface area (Å²) in [6.45, 7) is 9.21. The maximum absolute atomic E-state index is 13.3. The van der Waals surface area contributed by atoms with Crippen LogP contribution in [0.15, 0.2) is 84.4 Å². The molecule has 1 amide bonds. The third-order valence-corrected chi connectivity index (χ3v) is 6.56. The highest BCUT2D eigenvalue weighted by molar-refractivity contribution is 6.46. The van der Waals surface area contributed by atoms with Crippen molar-refractivity contribution >= 4 is 17.4 Å². The molecule has 0 aromatic heterocycles. The molecular formula is C31H33NO4. The second-order valence-electron chi connectivity index (χ2n) is 10.1. The van der Waals surface area contributed by atoms with E-state index in [0.29, 0.717) is 30.9 Å². The molecular weight excluding hydrogens is 450 g/mol. The number of Topliss-reactive ketones (excluding diaryl/α,β-unsaturated/α-hetero) is 1. The molecule has 0 unspecified atom stereocenters. The molecule has 0 saturated carbocycles. The summed E-state index contributed by atoms with van der Waals surface area (Å²) in [7, 11) is 0. The van der Waals surface area contributed by atoms with E-state index in [1.54, 1.807) is 29.2 Å². The summed E-state index contributed by atoms with van der Waals surface area (Å²) >= 11 is 0. The van der Waals surface area contributed by atoms with Crippen LogP contribution in [0.3, 0.4) is 0 Å². The van der Waals surface area contributed by atoms with Crippen molar-refractivity contribution in [1.29, 1.82) is 0 Å². The van der Waals surface area contributed by atoms with E-state index in [2.05, 4.69) is 20.8 Å². The van der Waals surface area contributed by atoms with Gasteiger partial charge in [-0.2, -0.15) is 0 Å². The second-order valence-corrected chi connectivity index (χ2v) is 10.1. The Balaban J connectivity index is 1.77. The van der Waals surface area contributed by atoms with Gasteiger partial charge in [-0.15, -0.1) is 0 Å². The van der Waals surface area contributed by atoms with Crippen molar-refractivity contribution < 1.29 is 19.4 Å². The van der Waals surface area contributed by atoms with E-state index >= 15 is 0 Å². The Kier molecular flexibility index (Phi) is 7.30. The van der Waals surface area contributed by atoms with Crippen LogP contribution in [0.5, 0.6) is 5.75 Å². The first-order valence-electron chi connectivity index (χ1n) is 12.4. The monoisotopic (exact) mass is 483 g/mol. The van der Waals surface area contributed by atoms with Crippen molar-refractivity contribution in [2.45, 2.75) is 45.6 Å². The van der Waals surface area contributed by atoms with E-state index < -0.39 is 17.7 Å². The van der Waals surface area contributed by atoms with E-state index in [1.807, 2.05) is 61.5 Å². The molecule has 4 rings (SSSR count). The van der Waals surface area contributed by atoms with Crippen LogP contribution >= 0.6 is 0 Å². The number of ether oxygens (including phenoxy) is 1. The first kappa shape index (κ1) is 25.2. The van der Waals surface area contributed by atoms with Gasteiger partial charge in [-0.05, 0) is 59.7 Å². The van der Waals surface area contributed by atoms with Crippen molar-refractivity contribution in [3.63, 3.8) is 0 Å². The third-order valence-electron chi connectivity index (χ3n) is 6.56. The van der Waals surface area contributed by atoms with Crippen LogP contribution in [0.4, 0.5) is 0 Å².